The molecule has 3 amide bonds. The van der Waals surface area contributed by atoms with Gasteiger partial charge in [-0.1, -0.05) is 0 Å². The lowest BCUT2D eigenvalue weighted by Gasteiger charge is -2.36. The van der Waals surface area contributed by atoms with Gasteiger partial charge in [-0.25, -0.2) is 0 Å². The van der Waals surface area contributed by atoms with Crippen LogP contribution in [0.25, 0.3) is 0 Å². The molecule has 0 bridgehead atoms. The van der Waals surface area contributed by atoms with Gasteiger partial charge in [0.1, 0.15) is 0 Å². The van der Waals surface area contributed by atoms with E-state index >= 15 is 0 Å². The van der Waals surface area contributed by atoms with E-state index in [-0.39, 0.29) is 35.1 Å². The van der Waals surface area contributed by atoms with Gasteiger partial charge in [-0.05, 0) is 33.6 Å². The molecule has 0 N–H and O–H groups in total. The van der Waals surface area contributed by atoms with Crippen molar-refractivity contribution >= 4 is 17.7 Å². The zero-order valence-corrected chi connectivity index (χ0v) is 14.4. The molecule has 3 aliphatic rings. The van der Waals surface area contributed by atoms with Crippen LogP contribution in [0.4, 0.5) is 0 Å². The highest BCUT2D eigenvalue weighted by molar-refractivity contribution is 5.90. The molecule has 1 atom stereocenters. The monoisotopic (exact) mass is 321 g/mol. The maximum Gasteiger partial charge on any atom is 0.228 e. The molecule has 3 fully saturated rings. The predicted octanol–water partition coefficient (Wildman–Crippen LogP) is 0.714. The Morgan fingerprint density at radius 3 is 1.78 bits per heavy atom. The molecule has 2 aliphatic heterocycles. The highest BCUT2D eigenvalue weighted by atomic mass is 16.2. The highest BCUT2D eigenvalue weighted by Crippen LogP contribution is 2.31. The molecular weight excluding hydrogens is 294 g/mol. The number of hydrogen-bond donors (Lipinski definition) is 0. The lowest BCUT2D eigenvalue weighted by molar-refractivity contribution is -0.142. The first-order valence-corrected chi connectivity index (χ1v) is 8.65. The van der Waals surface area contributed by atoms with Crippen LogP contribution in [0.1, 0.15) is 40.0 Å². The van der Waals surface area contributed by atoms with Crippen molar-refractivity contribution in [1.82, 2.24) is 14.7 Å². The molecule has 23 heavy (non-hydrogen) atoms. The second-order valence-corrected chi connectivity index (χ2v) is 8.00. The average molecular weight is 321 g/mol. The summed E-state index contributed by atoms with van der Waals surface area (Å²) in [4.78, 5) is 42.4. The van der Waals surface area contributed by atoms with Crippen molar-refractivity contribution < 1.29 is 14.4 Å². The lowest BCUT2D eigenvalue weighted by atomic mass is 10.1. The summed E-state index contributed by atoms with van der Waals surface area (Å²) in [7, 11) is 0. The van der Waals surface area contributed by atoms with E-state index in [1.54, 1.807) is 0 Å². The van der Waals surface area contributed by atoms with Crippen molar-refractivity contribution in [3.05, 3.63) is 0 Å². The summed E-state index contributed by atoms with van der Waals surface area (Å²) in [5.74, 6) is 0.409. The van der Waals surface area contributed by atoms with Crippen LogP contribution in [0.2, 0.25) is 0 Å². The maximum absolute atomic E-state index is 12.7. The Hall–Kier alpha value is -1.59. The summed E-state index contributed by atoms with van der Waals surface area (Å²) in [5, 5.41) is 0. The highest BCUT2D eigenvalue weighted by Gasteiger charge is 2.42. The fraction of sp³-hybridized carbons (Fsp3) is 0.824. The molecule has 0 aromatic heterocycles. The first-order chi connectivity index (χ1) is 10.8. The van der Waals surface area contributed by atoms with Crippen LogP contribution in [0.3, 0.4) is 0 Å². The molecule has 2 saturated heterocycles. The van der Waals surface area contributed by atoms with E-state index in [1.165, 1.54) is 0 Å². The SMILES string of the molecule is CC(C)(C)N1CC(C(=O)N2CCN(C(=O)C3CC3)CC2)CC1=O. The summed E-state index contributed by atoms with van der Waals surface area (Å²) in [6.45, 7) is 8.97. The van der Waals surface area contributed by atoms with E-state index in [0.717, 1.165) is 12.8 Å². The molecule has 0 aromatic carbocycles. The second kappa shape index (κ2) is 5.80. The van der Waals surface area contributed by atoms with Crippen molar-refractivity contribution in [2.24, 2.45) is 11.8 Å². The van der Waals surface area contributed by atoms with Gasteiger partial charge in [0.25, 0.3) is 0 Å². The molecular formula is C17H27N3O3. The van der Waals surface area contributed by atoms with Crippen molar-refractivity contribution in [1.29, 1.82) is 0 Å². The molecule has 0 aromatic rings. The Labute approximate surface area is 137 Å². The molecule has 1 aliphatic carbocycles. The fourth-order valence-corrected chi connectivity index (χ4v) is 3.52. The summed E-state index contributed by atoms with van der Waals surface area (Å²) in [5.41, 5.74) is -0.235. The lowest BCUT2D eigenvalue weighted by Crippen LogP contribution is -2.52. The smallest absolute Gasteiger partial charge is 0.228 e. The van der Waals surface area contributed by atoms with Gasteiger partial charge in [0.05, 0.1) is 5.92 Å². The number of likely N-dealkylation sites (tertiary alicyclic amines) is 1. The van der Waals surface area contributed by atoms with Crippen molar-refractivity contribution in [2.45, 2.75) is 45.6 Å². The number of hydrogen-bond acceptors (Lipinski definition) is 3. The Balaban J connectivity index is 1.53. The molecule has 0 spiro atoms. The summed E-state index contributed by atoms with van der Waals surface area (Å²) in [6.07, 6.45) is 2.35. The van der Waals surface area contributed by atoms with Gasteiger partial charge in [-0.15, -0.1) is 0 Å². The standard InChI is InChI=1S/C17H27N3O3/c1-17(2,3)20-11-13(10-14(20)21)16(23)19-8-6-18(7-9-19)15(22)12-4-5-12/h12-13H,4-11H2,1-3H3. The van der Waals surface area contributed by atoms with Crippen LogP contribution in [0.15, 0.2) is 0 Å². The molecule has 1 unspecified atom stereocenters. The van der Waals surface area contributed by atoms with Crippen LogP contribution < -0.4 is 0 Å². The van der Waals surface area contributed by atoms with Gasteiger partial charge in [0, 0.05) is 50.6 Å². The third kappa shape index (κ3) is 3.35. The molecule has 2 heterocycles. The van der Waals surface area contributed by atoms with Crippen LogP contribution in [0, 0.1) is 11.8 Å². The van der Waals surface area contributed by atoms with E-state index in [9.17, 15) is 14.4 Å². The predicted molar refractivity (Wildman–Crippen MR) is 85.5 cm³/mol. The molecule has 6 nitrogen and oxygen atoms in total. The Bertz CT molecular complexity index is 514. The van der Waals surface area contributed by atoms with Crippen LogP contribution in [-0.4, -0.2) is 70.7 Å². The number of carbonyl (C=O) groups is 3. The minimum Gasteiger partial charge on any atom is -0.339 e. The van der Waals surface area contributed by atoms with Crippen LogP contribution >= 0.6 is 0 Å². The third-order valence-electron chi connectivity index (χ3n) is 5.11. The minimum absolute atomic E-state index is 0.0680. The zero-order chi connectivity index (χ0) is 16.8. The quantitative estimate of drug-likeness (QED) is 0.753. The number of amides is 3. The van der Waals surface area contributed by atoms with Crippen LogP contribution in [0.5, 0.6) is 0 Å². The third-order valence-corrected chi connectivity index (χ3v) is 5.11. The fourth-order valence-electron chi connectivity index (χ4n) is 3.52. The van der Waals surface area contributed by atoms with E-state index < -0.39 is 0 Å². The van der Waals surface area contributed by atoms with E-state index in [4.69, 9.17) is 0 Å². The molecule has 6 heteroatoms. The first-order valence-electron chi connectivity index (χ1n) is 8.65. The number of nitrogens with zero attached hydrogens (tertiary/aromatic N) is 3. The number of piperazine rings is 1. The zero-order valence-electron chi connectivity index (χ0n) is 14.4. The van der Waals surface area contributed by atoms with E-state index in [0.29, 0.717) is 39.1 Å². The summed E-state index contributed by atoms with van der Waals surface area (Å²) < 4.78 is 0. The maximum atomic E-state index is 12.7. The van der Waals surface area contributed by atoms with Crippen molar-refractivity contribution in [3.8, 4) is 0 Å². The minimum atomic E-state index is -0.235. The summed E-state index contributed by atoms with van der Waals surface area (Å²) >= 11 is 0. The van der Waals surface area contributed by atoms with Gasteiger partial charge < -0.3 is 14.7 Å². The van der Waals surface area contributed by atoms with Crippen LogP contribution in [-0.2, 0) is 14.4 Å². The van der Waals surface area contributed by atoms with Gasteiger partial charge in [-0.2, -0.15) is 0 Å². The van der Waals surface area contributed by atoms with Gasteiger partial charge in [0.15, 0.2) is 0 Å². The normalized spacial score (nSPS) is 26.0. The van der Waals surface area contributed by atoms with Gasteiger partial charge >= 0.3 is 0 Å². The number of rotatable bonds is 2. The van der Waals surface area contributed by atoms with Gasteiger partial charge in [-0.3, -0.25) is 14.4 Å². The largest absolute Gasteiger partial charge is 0.339 e. The van der Waals surface area contributed by atoms with Gasteiger partial charge in [0.2, 0.25) is 17.7 Å². The van der Waals surface area contributed by atoms with Crippen molar-refractivity contribution in [3.63, 3.8) is 0 Å². The number of carbonyl (C=O) groups excluding carboxylic acids is 3. The average Bonchev–Trinajstić information content (AvgIpc) is 3.27. The molecule has 0 radical (unpaired) electrons. The Kier molecular flexibility index (Phi) is 4.10. The van der Waals surface area contributed by atoms with E-state index in [2.05, 4.69) is 0 Å². The molecule has 1 saturated carbocycles. The Morgan fingerprint density at radius 2 is 1.39 bits per heavy atom. The topological polar surface area (TPSA) is 60.9 Å². The molecule has 128 valence electrons. The second-order valence-electron chi connectivity index (χ2n) is 8.00. The first kappa shape index (κ1) is 16.3. The molecule has 3 rings (SSSR count). The van der Waals surface area contributed by atoms with E-state index in [1.807, 2.05) is 35.5 Å². The Morgan fingerprint density at radius 1 is 0.913 bits per heavy atom. The van der Waals surface area contributed by atoms with Crippen molar-refractivity contribution in [2.75, 3.05) is 32.7 Å². The summed E-state index contributed by atoms with van der Waals surface area (Å²) in [6, 6.07) is 0.